The van der Waals surface area contributed by atoms with E-state index in [1.54, 1.807) is 4.90 Å². The molecule has 0 aliphatic heterocycles. The van der Waals surface area contributed by atoms with Crippen LogP contribution < -0.4 is 0 Å². The summed E-state index contributed by atoms with van der Waals surface area (Å²) in [7, 11) is -7.62. The Kier molecular flexibility index (Phi) is 10.4. The highest BCUT2D eigenvalue weighted by Gasteiger charge is 2.18. The van der Waals surface area contributed by atoms with Crippen LogP contribution in [-0.4, -0.2) is 85.8 Å². The summed E-state index contributed by atoms with van der Waals surface area (Å²) in [6.07, 6.45) is 4.36. The Morgan fingerprint density at radius 3 is 1.00 bits per heavy atom. The van der Waals surface area contributed by atoms with Crippen LogP contribution in [0.5, 0.6) is 0 Å². The molecule has 0 N–H and O–H groups in total. The van der Waals surface area contributed by atoms with Crippen molar-refractivity contribution in [2.24, 2.45) is 0 Å². The summed E-state index contributed by atoms with van der Waals surface area (Å²) < 4.78 is 69.1. The van der Waals surface area contributed by atoms with Crippen molar-refractivity contribution in [2.45, 2.75) is 0 Å². The molecule has 0 aromatic carbocycles. The monoisotopic (exact) mass is 431 g/mol. The third-order valence-electron chi connectivity index (χ3n) is 2.73. The predicted octanol–water partition coefficient (Wildman–Crippen LogP) is 0.367. The second kappa shape index (κ2) is 9.99. The lowest BCUT2D eigenvalue weighted by molar-refractivity contribution is 0.324. The lowest BCUT2D eigenvalue weighted by atomic mass is 10.5. The molecule has 0 aromatic heterocycles. The van der Waals surface area contributed by atoms with Gasteiger partial charge in [0.2, 0.25) is 26.6 Å². The Morgan fingerprint density at radius 1 is 0.591 bits per heavy atom. The quantitative estimate of drug-likeness (QED) is 0.402. The van der Waals surface area contributed by atoms with Crippen molar-refractivity contribution in [1.29, 1.82) is 0 Å². The molecule has 0 saturated carbocycles. The van der Waals surface area contributed by atoms with Crippen molar-refractivity contribution in [3.05, 3.63) is 0 Å². The van der Waals surface area contributed by atoms with E-state index in [1.165, 1.54) is 18.8 Å². The van der Waals surface area contributed by atoms with Crippen LogP contribution in [-0.2, 0) is 26.6 Å². The van der Waals surface area contributed by atoms with Crippen molar-refractivity contribution in [3.8, 4) is 0 Å². The number of nitrogens with zero attached hydrogens (tertiary/aromatic N) is 1. The second-order valence-electron chi connectivity index (χ2n) is 4.13. The van der Waals surface area contributed by atoms with E-state index in [0.29, 0.717) is 0 Å². The summed E-state index contributed by atoms with van der Waals surface area (Å²) in [5.74, 6) is -0.438. The largest absolute Gasteiger partial charge is 0.300 e. The van der Waals surface area contributed by atoms with Crippen molar-refractivity contribution in [2.75, 3.05) is 55.7 Å². The van der Waals surface area contributed by atoms with Gasteiger partial charge in [0.05, 0.1) is 17.3 Å². The van der Waals surface area contributed by atoms with Crippen molar-refractivity contribution < 1.29 is 25.3 Å². The molecule has 13 heteroatoms. The Bertz CT molecular complexity index is 535. The summed E-state index contributed by atoms with van der Waals surface area (Å²) in [5.41, 5.74) is 0. The van der Waals surface area contributed by atoms with Gasteiger partial charge in [-0.3, -0.25) is 0 Å². The summed E-state index contributed by atoms with van der Waals surface area (Å²) in [6.45, 7) is 0.324. The number of hydrogen-bond donors (Lipinski definition) is 0. The smallest absolute Gasteiger partial charge is 0.202 e. The van der Waals surface area contributed by atoms with Crippen LogP contribution in [0.3, 0.4) is 0 Å². The van der Waals surface area contributed by atoms with Gasteiger partial charge in [0.1, 0.15) is 0 Å². The van der Waals surface area contributed by atoms with E-state index in [9.17, 15) is 25.3 Å². The topological polar surface area (TPSA) is 106 Å². The molecule has 0 amide bonds. The molecule has 0 bridgehead atoms. The zero-order chi connectivity index (χ0) is 17.4. The molecule has 0 rings (SSSR count). The van der Waals surface area contributed by atoms with Crippen LogP contribution in [0.4, 0.5) is 0 Å². The van der Waals surface area contributed by atoms with E-state index in [2.05, 4.69) is 0 Å². The van der Waals surface area contributed by atoms with Crippen LogP contribution in [0.15, 0.2) is 0 Å². The van der Waals surface area contributed by atoms with Gasteiger partial charge in [0.15, 0.2) is 0 Å². The van der Waals surface area contributed by atoms with Crippen LogP contribution in [0, 0.1) is 0 Å². The van der Waals surface area contributed by atoms with Gasteiger partial charge in [-0.15, -0.1) is 0 Å². The number of hydrogen-bond acceptors (Lipinski definition) is 10. The predicted molar refractivity (Wildman–Crippen MR) is 98.3 cm³/mol. The van der Waals surface area contributed by atoms with Gasteiger partial charge >= 0.3 is 0 Å². The molecule has 22 heavy (non-hydrogen) atoms. The maximum absolute atomic E-state index is 11.5. The molecule has 0 saturated heterocycles. The molecule has 0 fully saturated rings. The minimum Gasteiger partial charge on any atom is -0.300 e. The molecule has 0 atom stereocenters. The van der Waals surface area contributed by atoms with Crippen molar-refractivity contribution in [3.63, 3.8) is 0 Å². The van der Waals surface area contributed by atoms with Gasteiger partial charge in [-0.25, -0.2) is 25.3 Å². The maximum Gasteiger partial charge on any atom is 0.202 e. The molecule has 0 spiro atoms. The average molecular weight is 432 g/mol. The second-order valence-corrected chi connectivity index (χ2v) is 17.3. The molecule has 134 valence electrons. The highest BCUT2D eigenvalue weighted by atomic mass is 33.1. The van der Waals surface area contributed by atoms with Gasteiger partial charge in [-0.2, -0.15) is 0 Å². The van der Waals surface area contributed by atoms with Gasteiger partial charge < -0.3 is 4.90 Å². The summed E-state index contributed by atoms with van der Waals surface area (Å²) in [5, 5.41) is 0. The van der Waals surface area contributed by atoms with Gasteiger partial charge in [0, 0.05) is 19.6 Å². The first kappa shape index (κ1) is 22.9. The molecule has 0 heterocycles. The van der Waals surface area contributed by atoms with Crippen LogP contribution in [0.25, 0.3) is 0 Å². The summed E-state index contributed by atoms with van der Waals surface area (Å²) in [6, 6.07) is 0. The summed E-state index contributed by atoms with van der Waals surface area (Å²) >= 11 is 0. The fraction of sp³-hybridized carbons (Fsp3) is 1.00. The van der Waals surface area contributed by atoms with Gasteiger partial charge in [-0.1, -0.05) is 0 Å². The molecule has 0 aromatic rings. The van der Waals surface area contributed by atoms with Crippen molar-refractivity contribution in [1.82, 2.24) is 4.90 Å². The zero-order valence-corrected chi connectivity index (χ0v) is 17.5. The minimum absolute atomic E-state index is 0.108. The molecule has 0 radical (unpaired) electrons. The highest BCUT2D eigenvalue weighted by molar-refractivity contribution is 8.72. The Morgan fingerprint density at radius 2 is 0.818 bits per heavy atom. The van der Waals surface area contributed by atoms with E-state index >= 15 is 0 Å². The fourth-order valence-electron chi connectivity index (χ4n) is 1.31. The Labute approximate surface area is 144 Å². The van der Waals surface area contributed by atoms with Gasteiger partial charge in [-0.05, 0) is 51.1 Å². The molecule has 0 unspecified atom stereocenters. The normalized spacial score (nSPS) is 13.6. The Hall–Kier alpha value is 0.860. The lowest BCUT2D eigenvalue weighted by Crippen LogP contribution is -2.35. The van der Waals surface area contributed by atoms with E-state index in [0.717, 1.165) is 32.4 Å². The first-order valence-corrected chi connectivity index (χ1v) is 16.2. The van der Waals surface area contributed by atoms with E-state index in [4.69, 9.17) is 0 Å². The Balaban J connectivity index is 4.76. The third kappa shape index (κ3) is 10.6. The average Bonchev–Trinajstić information content (AvgIpc) is 2.46. The molecular formula is C9H21NO6S6. The highest BCUT2D eigenvalue weighted by Crippen LogP contribution is 2.12. The zero-order valence-electron chi connectivity index (χ0n) is 12.6. The van der Waals surface area contributed by atoms with Gasteiger partial charge in [0.25, 0.3) is 0 Å². The van der Waals surface area contributed by atoms with Crippen LogP contribution in [0.2, 0.25) is 0 Å². The molecule has 0 aliphatic carbocycles. The molecular weight excluding hydrogens is 411 g/mol. The maximum atomic E-state index is 11.5. The van der Waals surface area contributed by atoms with Crippen LogP contribution in [0.1, 0.15) is 0 Å². The lowest BCUT2D eigenvalue weighted by Gasteiger charge is -2.21. The first-order valence-electron chi connectivity index (χ1n) is 6.04. The first-order chi connectivity index (χ1) is 9.97. The van der Waals surface area contributed by atoms with E-state index in [-0.39, 0.29) is 36.9 Å². The van der Waals surface area contributed by atoms with Crippen LogP contribution >= 0.6 is 32.4 Å². The molecule has 7 nitrogen and oxygen atoms in total. The molecule has 0 aliphatic rings. The van der Waals surface area contributed by atoms with E-state index in [1.807, 2.05) is 0 Å². The SMILES string of the molecule is CSS(=O)(=O)CCN(CCS(=O)(=O)SC)CCS(=O)(=O)SC. The van der Waals surface area contributed by atoms with E-state index < -0.39 is 26.6 Å². The fourth-order valence-corrected chi connectivity index (χ4v) is 5.42. The standard InChI is InChI=1S/C9H21NO6S6/c1-17-20(11,12)7-4-10(5-8-21(13,14)18-2)6-9-22(15,16)19-3/h4-9H2,1-3H3. The third-order valence-corrected chi connectivity index (χ3v) is 12.4. The van der Waals surface area contributed by atoms with Crippen molar-refractivity contribution >= 4 is 59.0 Å². The summed E-state index contributed by atoms with van der Waals surface area (Å²) in [4.78, 5) is 1.56. The number of rotatable bonds is 12. The minimum atomic E-state index is -3.27.